The van der Waals surface area contributed by atoms with Gasteiger partial charge in [-0.2, -0.15) is 0 Å². The van der Waals surface area contributed by atoms with Crippen LogP contribution in [0, 0.1) is 0 Å². The summed E-state index contributed by atoms with van der Waals surface area (Å²) in [6.45, 7) is 2.75. The number of hydrogen-bond acceptors (Lipinski definition) is 13. The van der Waals surface area contributed by atoms with Gasteiger partial charge in [0.15, 0.2) is 30.0 Å². The summed E-state index contributed by atoms with van der Waals surface area (Å²) in [6.07, 6.45) is -5.30. The lowest BCUT2D eigenvalue weighted by molar-refractivity contribution is -0.206. The van der Waals surface area contributed by atoms with Crippen LogP contribution in [0.15, 0.2) is 24.0 Å². The summed E-state index contributed by atoms with van der Waals surface area (Å²) in [6, 6.07) is 1.29. The predicted octanol–water partition coefficient (Wildman–Crippen LogP) is -0.697. The topological polar surface area (TPSA) is 239 Å². The summed E-state index contributed by atoms with van der Waals surface area (Å²) >= 11 is 0. The number of hydrogen-bond donors (Lipinski definition) is 6. The minimum atomic E-state index is -2.07. The van der Waals surface area contributed by atoms with Crippen molar-refractivity contribution in [2.75, 3.05) is 13.6 Å². The molecule has 5 rings (SSSR count). The minimum Gasteiger partial charge on any atom is -0.504 e. The Balaban J connectivity index is 1.31. The fraction of sp³-hybridized carbons (Fsp3) is 0.567. The third-order valence-corrected chi connectivity index (χ3v) is 9.29. The Labute approximate surface area is 262 Å². The van der Waals surface area contributed by atoms with Crippen LogP contribution < -0.4 is 10.1 Å². The highest BCUT2D eigenvalue weighted by atomic mass is 16.7. The lowest BCUT2D eigenvalue weighted by atomic mass is 9.50. The van der Waals surface area contributed by atoms with E-state index in [-0.39, 0.29) is 29.7 Å². The lowest BCUT2D eigenvalue weighted by Gasteiger charge is -2.61. The summed E-state index contributed by atoms with van der Waals surface area (Å²) in [5, 5.41) is 53.6. The number of aliphatic hydroxyl groups excluding tert-OH is 1. The number of aromatic hydroxyl groups is 1. The van der Waals surface area contributed by atoms with Gasteiger partial charge in [0.2, 0.25) is 5.91 Å². The fourth-order valence-electron chi connectivity index (χ4n) is 7.21. The summed E-state index contributed by atoms with van der Waals surface area (Å²) < 4.78 is 22.2. The maximum absolute atomic E-state index is 13.2. The number of likely N-dealkylation sites (N-methyl/N-ethyl adjacent to an activating group) is 1. The number of nitrogens with zero attached hydrogens (tertiary/aromatic N) is 1. The maximum Gasteiger partial charge on any atom is 0.326 e. The number of likely N-dealkylation sites (tertiary alicyclic amines) is 1. The lowest BCUT2D eigenvalue weighted by Crippen LogP contribution is -2.74. The van der Waals surface area contributed by atoms with E-state index in [0.717, 1.165) is 19.4 Å². The molecule has 0 radical (unpaired) electrons. The number of amides is 1. The monoisotopic (exact) mass is 648 g/mol. The van der Waals surface area contributed by atoms with Crippen LogP contribution in [0.2, 0.25) is 0 Å². The SMILES string of the molecule is CC(=O)O[C@@H](CC(=O)OC1=CC[C@@]2(O)[C@H]3Cc4ccc(O)c5c4C2(CCN3C)[C@H]1O5)C(O)O[C@@H](C)C(=O)N[C@H](CC(=O)O)C(=O)O. The van der Waals surface area contributed by atoms with E-state index >= 15 is 0 Å². The van der Waals surface area contributed by atoms with Crippen LogP contribution in [-0.2, 0) is 50.0 Å². The van der Waals surface area contributed by atoms with Gasteiger partial charge < -0.3 is 54.7 Å². The molecule has 2 unspecified atom stereocenters. The van der Waals surface area contributed by atoms with E-state index in [9.17, 15) is 39.3 Å². The number of carbonyl (C=O) groups excluding carboxylic acids is 3. The normalized spacial score (nSPS) is 28.3. The third-order valence-electron chi connectivity index (χ3n) is 9.29. The fourth-order valence-corrected chi connectivity index (χ4v) is 7.21. The van der Waals surface area contributed by atoms with Gasteiger partial charge in [0.05, 0.1) is 23.9 Å². The summed E-state index contributed by atoms with van der Waals surface area (Å²) in [4.78, 5) is 61.8. The van der Waals surface area contributed by atoms with Gasteiger partial charge >= 0.3 is 23.9 Å². The van der Waals surface area contributed by atoms with Crippen molar-refractivity contribution >= 4 is 29.8 Å². The molecule has 1 spiro atoms. The molecular formula is C30H36N2O14. The first kappa shape index (κ1) is 33.1. The number of phenols is 1. The Bertz CT molecular complexity index is 1490. The maximum atomic E-state index is 13.2. The number of esters is 2. The van der Waals surface area contributed by atoms with E-state index < -0.39 is 84.3 Å². The number of ether oxygens (including phenoxy) is 4. The van der Waals surface area contributed by atoms with Crippen molar-refractivity contribution in [3.8, 4) is 11.5 Å². The molecule has 2 heterocycles. The van der Waals surface area contributed by atoms with Crippen molar-refractivity contribution in [3.05, 3.63) is 35.1 Å². The quantitative estimate of drug-likeness (QED) is 0.121. The van der Waals surface area contributed by atoms with Crippen molar-refractivity contribution in [1.82, 2.24) is 10.2 Å². The Kier molecular flexibility index (Phi) is 8.76. The van der Waals surface area contributed by atoms with Crippen LogP contribution >= 0.6 is 0 Å². The first-order chi connectivity index (χ1) is 21.6. The molecule has 1 amide bonds. The van der Waals surface area contributed by atoms with Crippen LogP contribution in [0.3, 0.4) is 0 Å². The number of carboxylic acids is 2. The molecule has 16 nitrogen and oxygen atoms in total. The van der Waals surface area contributed by atoms with Crippen molar-refractivity contribution in [2.45, 2.75) is 93.7 Å². The molecule has 1 aromatic rings. The Morgan fingerprint density at radius 3 is 2.54 bits per heavy atom. The Morgan fingerprint density at radius 2 is 1.89 bits per heavy atom. The smallest absolute Gasteiger partial charge is 0.326 e. The molecule has 6 N–H and O–H groups in total. The van der Waals surface area contributed by atoms with Gasteiger partial charge in [0, 0.05) is 24.9 Å². The van der Waals surface area contributed by atoms with Crippen LogP contribution in [0.25, 0.3) is 0 Å². The van der Waals surface area contributed by atoms with E-state index in [0.29, 0.717) is 24.9 Å². The van der Waals surface area contributed by atoms with Gasteiger partial charge in [-0.25, -0.2) is 4.79 Å². The minimum absolute atomic E-state index is 0.0734. The second-order valence-corrected chi connectivity index (χ2v) is 12.1. The molecule has 2 bridgehead atoms. The average molecular weight is 649 g/mol. The number of carboxylic acid groups (broad SMARTS) is 2. The molecule has 8 atom stereocenters. The van der Waals surface area contributed by atoms with E-state index in [1.807, 2.05) is 12.4 Å². The van der Waals surface area contributed by atoms with Gasteiger partial charge in [-0.1, -0.05) is 6.07 Å². The molecule has 1 fully saturated rings. The first-order valence-corrected chi connectivity index (χ1v) is 14.7. The highest BCUT2D eigenvalue weighted by Crippen LogP contribution is 2.65. The number of benzene rings is 1. The molecule has 2 aliphatic carbocycles. The summed E-state index contributed by atoms with van der Waals surface area (Å²) in [5.74, 6) is -5.86. The third kappa shape index (κ3) is 5.55. The number of aliphatic hydroxyl groups is 2. The van der Waals surface area contributed by atoms with Crippen molar-refractivity contribution in [2.24, 2.45) is 0 Å². The first-order valence-electron chi connectivity index (χ1n) is 14.7. The standard InChI is InChI=1S/C30H36N2O14/c1-13(26(38)31-16(27(39)40)11-21(35)36)43-28(41)19(44-14(2)33)12-22(37)45-18-6-7-30(42)20-10-15-4-5-17(34)24-23(15)29(30,25(18)46-24)8-9-32(20)3/h4-6,13,16,19-20,25,28,34,41-42H,7-12H2,1-3H3,(H,31,38)(H,35,36)(H,39,40)/t13-,16+,19-,20+,25-,28?,29?,30+/m0/s1. The Hall–Kier alpha value is -4.25. The van der Waals surface area contributed by atoms with Crippen LogP contribution in [-0.4, -0.2) is 116 Å². The molecular weight excluding hydrogens is 612 g/mol. The molecule has 0 aromatic heterocycles. The second-order valence-electron chi connectivity index (χ2n) is 12.1. The molecule has 1 saturated heterocycles. The predicted molar refractivity (Wildman–Crippen MR) is 151 cm³/mol. The zero-order valence-corrected chi connectivity index (χ0v) is 25.3. The second kappa shape index (κ2) is 12.2. The van der Waals surface area contributed by atoms with Crippen molar-refractivity contribution < 1.29 is 68.5 Å². The number of nitrogens with one attached hydrogen (secondary N) is 1. The van der Waals surface area contributed by atoms with E-state index in [4.69, 9.17) is 29.2 Å². The highest BCUT2D eigenvalue weighted by molar-refractivity contribution is 5.88. The number of phenolic OH excluding ortho intramolecular Hbond substituents is 1. The highest BCUT2D eigenvalue weighted by Gasteiger charge is 2.72. The average Bonchev–Trinajstić information content (AvgIpc) is 3.32. The zero-order valence-electron chi connectivity index (χ0n) is 25.3. The molecule has 1 aromatic carbocycles. The number of rotatable bonds is 12. The molecule has 2 aliphatic heterocycles. The van der Waals surface area contributed by atoms with Gasteiger partial charge in [-0.15, -0.1) is 0 Å². The van der Waals surface area contributed by atoms with E-state index in [2.05, 4.69) is 4.90 Å². The molecule has 46 heavy (non-hydrogen) atoms. The summed E-state index contributed by atoms with van der Waals surface area (Å²) in [5.41, 5.74) is -0.716. The Morgan fingerprint density at radius 1 is 1.17 bits per heavy atom. The van der Waals surface area contributed by atoms with Gasteiger partial charge in [0.25, 0.3) is 0 Å². The van der Waals surface area contributed by atoms with Crippen molar-refractivity contribution in [1.29, 1.82) is 0 Å². The van der Waals surface area contributed by atoms with Gasteiger partial charge in [-0.3, -0.25) is 19.2 Å². The largest absolute Gasteiger partial charge is 0.504 e. The van der Waals surface area contributed by atoms with Crippen LogP contribution in [0.5, 0.6) is 11.5 Å². The summed E-state index contributed by atoms with van der Waals surface area (Å²) in [7, 11) is 1.93. The van der Waals surface area contributed by atoms with Crippen LogP contribution in [0.1, 0.15) is 50.7 Å². The number of piperidine rings is 1. The zero-order chi connectivity index (χ0) is 33.7. The molecule has 16 heteroatoms. The van der Waals surface area contributed by atoms with E-state index in [1.165, 1.54) is 6.07 Å². The number of aliphatic carboxylic acids is 2. The van der Waals surface area contributed by atoms with E-state index in [1.54, 1.807) is 12.1 Å². The molecule has 4 aliphatic rings. The number of carbonyl (C=O) groups is 5. The van der Waals surface area contributed by atoms with Gasteiger partial charge in [-0.05, 0) is 51.1 Å². The molecule has 0 saturated carbocycles. The molecule has 250 valence electrons. The van der Waals surface area contributed by atoms with Crippen LogP contribution in [0.4, 0.5) is 0 Å². The van der Waals surface area contributed by atoms with Crippen molar-refractivity contribution in [3.63, 3.8) is 0 Å². The van der Waals surface area contributed by atoms with Gasteiger partial charge in [0.1, 0.15) is 17.9 Å².